The summed E-state index contributed by atoms with van der Waals surface area (Å²) in [6, 6.07) is 9.42. The van der Waals surface area contributed by atoms with Crippen molar-refractivity contribution in [1.82, 2.24) is 10.9 Å². The van der Waals surface area contributed by atoms with Gasteiger partial charge in [0, 0.05) is 11.1 Å². The normalized spacial score (nSPS) is 10.0. The molecule has 0 saturated heterocycles. The van der Waals surface area contributed by atoms with Crippen molar-refractivity contribution in [3.63, 3.8) is 0 Å². The van der Waals surface area contributed by atoms with Crippen molar-refractivity contribution < 1.29 is 23.8 Å². The van der Waals surface area contributed by atoms with Gasteiger partial charge in [-0.15, -0.1) is 0 Å². The molecule has 2 aromatic rings. The second-order valence-corrected chi connectivity index (χ2v) is 5.47. The molecule has 0 fully saturated rings. The zero-order valence-corrected chi connectivity index (χ0v) is 15.3. The van der Waals surface area contributed by atoms with Gasteiger partial charge in [-0.3, -0.25) is 20.4 Å². The Balaban J connectivity index is 2.04. The number of carbonyl (C=O) groups excluding carboxylic acids is 2. The van der Waals surface area contributed by atoms with Gasteiger partial charge in [-0.05, 0) is 43.3 Å². The average Bonchev–Trinajstić information content (AvgIpc) is 2.65. The fourth-order valence-corrected chi connectivity index (χ4v) is 2.46. The molecular weight excluding hydrogens is 360 g/mol. The summed E-state index contributed by atoms with van der Waals surface area (Å²) >= 11 is 6.07. The minimum absolute atomic E-state index is 0.208. The smallest absolute Gasteiger partial charge is 0.269 e. The summed E-state index contributed by atoms with van der Waals surface area (Å²) in [4.78, 5) is 24.3. The Hall–Kier alpha value is -2.93. The van der Waals surface area contributed by atoms with Gasteiger partial charge >= 0.3 is 0 Å². The molecule has 2 N–H and O–H groups in total. The lowest BCUT2D eigenvalue weighted by Crippen LogP contribution is -2.41. The number of carbonyl (C=O) groups is 2. The number of nitrogens with one attached hydrogen (secondary N) is 2. The van der Waals surface area contributed by atoms with Gasteiger partial charge in [0.1, 0.15) is 5.75 Å². The van der Waals surface area contributed by atoms with E-state index in [1.54, 1.807) is 24.3 Å². The molecule has 0 spiro atoms. The minimum atomic E-state index is -0.549. The van der Waals surface area contributed by atoms with Crippen LogP contribution in [0.3, 0.4) is 0 Å². The molecule has 0 radical (unpaired) electrons. The molecule has 8 heteroatoms. The lowest BCUT2D eigenvalue weighted by Gasteiger charge is -2.12. The van der Waals surface area contributed by atoms with E-state index < -0.39 is 11.8 Å². The lowest BCUT2D eigenvalue weighted by molar-refractivity contribution is 0.0846. The van der Waals surface area contributed by atoms with Crippen molar-refractivity contribution in [2.24, 2.45) is 0 Å². The summed E-state index contributed by atoms with van der Waals surface area (Å²) in [6.45, 7) is 2.41. The summed E-state index contributed by atoms with van der Waals surface area (Å²) in [6.07, 6.45) is 0. The Kier molecular flexibility index (Phi) is 6.68. The Morgan fingerprint density at radius 1 is 0.962 bits per heavy atom. The Labute approximate surface area is 156 Å². The van der Waals surface area contributed by atoms with Gasteiger partial charge in [0.2, 0.25) is 0 Å². The van der Waals surface area contributed by atoms with Gasteiger partial charge in [-0.1, -0.05) is 11.6 Å². The van der Waals surface area contributed by atoms with Crippen LogP contribution in [0, 0.1) is 0 Å². The van der Waals surface area contributed by atoms with E-state index in [0.29, 0.717) is 29.4 Å². The van der Waals surface area contributed by atoms with Crippen LogP contribution >= 0.6 is 11.6 Å². The Morgan fingerprint density at radius 2 is 1.58 bits per heavy atom. The topological polar surface area (TPSA) is 85.9 Å². The quantitative estimate of drug-likeness (QED) is 0.755. The molecule has 0 heterocycles. The largest absolute Gasteiger partial charge is 0.494 e. The predicted molar refractivity (Wildman–Crippen MR) is 97.1 cm³/mol. The molecule has 2 rings (SSSR count). The van der Waals surface area contributed by atoms with Crippen LogP contribution < -0.4 is 25.1 Å². The molecule has 0 aromatic heterocycles. The van der Waals surface area contributed by atoms with Gasteiger partial charge in [0.25, 0.3) is 11.8 Å². The molecule has 2 aromatic carbocycles. The second-order valence-electron chi connectivity index (χ2n) is 5.06. The lowest BCUT2D eigenvalue weighted by atomic mass is 10.2. The third kappa shape index (κ3) is 4.58. The van der Waals surface area contributed by atoms with Crippen molar-refractivity contribution in [1.29, 1.82) is 0 Å². The molecule has 0 aliphatic carbocycles. The van der Waals surface area contributed by atoms with Gasteiger partial charge in [0.15, 0.2) is 11.5 Å². The number of methoxy groups -OCH3 is 2. The Morgan fingerprint density at radius 3 is 2.12 bits per heavy atom. The van der Waals surface area contributed by atoms with Gasteiger partial charge in [0.05, 0.1) is 25.8 Å². The molecule has 0 atom stereocenters. The maximum atomic E-state index is 12.2. The third-order valence-electron chi connectivity index (χ3n) is 3.41. The SMILES string of the molecule is CCOc1ccc(C(=O)NNC(=O)c2cc(Cl)c(OC)c(OC)c2)cc1. The highest BCUT2D eigenvalue weighted by Crippen LogP contribution is 2.35. The predicted octanol–water partition coefficient (Wildman–Crippen LogP) is 2.83. The molecule has 0 saturated carbocycles. The number of hydrazine groups is 1. The fourth-order valence-electron chi connectivity index (χ4n) is 2.18. The van der Waals surface area contributed by atoms with Crippen LogP contribution in [0.15, 0.2) is 36.4 Å². The molecule has 2 amide bonds. The average molecular weight is 379 g/mol. The first-order chi connectivity index (χ1) is 12.5. The molecule has 0 bridgehead atoms. The molecular formula is C18H19ClN2O5. The van der Waals surface area contributed by atoms with Crippen LogP contribution in [0.2, 0.25) is 5.02 Å². The van der Waals surface area contributed by atoms with E-state index in [2.05, 4.69) is 10.9 Å². The molecule has 138 valence electrons. The van der Waals surface area contributed by atoms with Gasteiger partial charge in [-0.2, -0.15) is 0 Å². The first-order valence-electron chi connectivity index (χ1n) is 7.75. The monoisotopic (exact) mass is 378 g/mol. The standard InChI is InChI=1S/C18H19ClN2O5/c1-4-26-13-7-5-11(6-8-13)17(22)20-21-18(23)12-9-14(19)16(25-3)15(10-12)24-2/h5-10H,4H2,1-3H3,(H,20,22)(H,21,23). The number of rotatable bonds is 6. The zero-order valence-electron chi connectivity index (χ0n) is 14.6. The van der Waals surface area contributed by atoms with E-state index in [1.807, 2.05) is 6.92 Å². The molecule has 0 unspecified atom stereocenters. The Bertz CT molecular complexity index is 793. The highest BCUT2D eigenvalue weighted by molar-refractivity contribution is 6.32. The summed E-state index contributed by atoms with van der Waals surface area (Å²) in [5.74, 6) is 0.278. The van der Waals surface area contributed by atoms with Crippen molar-refractivity contribution in [3.05, 3.63) is 52.5 Å². The highest BCUT2D eigenvalue weighted by Gasteiger charge is 2.16. The summed E-state index contributed by atoms with van der Waals surface area (Å²) in [7, 11) is 2.88. The maximum absolute atomic E-state index is 12.2. The number of hydrogen-bond donors (Lipinski definition) is 2. The van der Waals surface area contributed by atoms with Crippen LogP contribution in [-0.2, 0) is 0 Å². The van der Waals surface area contributed by atoms with Crippen LogP contribution in [0.4, 0.5) is 0 Å². The zero-order chi connectivity index (χ0) is 19.1. The van der Waals surface area contributed by atoms with E-state index in [4.69, 9.17) is 25.8 Å². The maximum Gasteiger partial charge on any atom is 0.269 e. The summed E-state index contributed by atoms with van der Waals surface area (Å²) in [5.41, 5.74) is 5.25. The van der Waals surface area contributed by atoms with E-state index in [9.17, 15) is 9.59 Å². The number of benzene rings is 2. The van der Waals surface area contributed by atoms with Crippen molar-refractivity contribution in [3.8, 4) is 17.2 Å². The van der Waals surface area contributed by atoms with E-state index >= 15 is 0 Å². The number of amides is 2. The van der Waals surface area contributed by atoms with Crippen LogP contribution in [0.1, 0.15) is 27.6 Å². The van der Waals surface area contributed by atoms with Crippen molar-refractivity contribution >= 4 is 23.4 Å². The van der Waals surface area contributed by atoms with Crippen LogP contribution in [-0.4, -0.2) is 32.6 Å². The number of hydrogen-bond acceptors (Lipinski definition) is 5. The van der Waals surface area contributed by atoms with E-state index in [0.717, 1.165) is 0 Å². The molecule has 0 aliphatic rings. The van der Waals surface area contributed by atoms with Gasteiger partial charge in [-0.25, -0.2) is 0 Å². The van der Waals surface area contributed by atoms with Crippen LogP contribution in [0.25, 0.3) is 0 Å². The molecule has 26 heavy (non-hydrogen) atoms. The summed E-state index contributed by atoms with van der Waals surface area (Å²) < 4.78 is 15.6. The molecule has 0 aliphatic heterocycles. The van der Waals surface area contributed by atoms with E-state index in [1.165, 1.54) is 26.4 Å². The van der Waals surface area contributed by atoms with Gasteiger partial charge < -0.3 is 14.2 Å². The van der Waals surface area contributed by atoms with Crippen LogP contribution in [0.5, 0.6) is 17.2 Å². The fraction of sp³-hybridized carbons (Fsp3) is 0.222. The highest BCUT2D eigenvalue weighted by atomic mass is 35.5. The first kappa shape index (κ1) is 19.4. The molecule has 7 nitrogen and oxygen atoms in total. The first-order valence-corrected chi connectivity index (χ1v) is 8.13. The van der Waals surface area contributed by atoms with Crippen molar-refractivity contribution in [2.75, 3.05) is 20.8 Å². The minimum Gasteiger partial charge on any atom is -0.494 e. The number of halogens is 1. The van der Waals surface area contributed by atoms with E-state index in [-0.39, 0.29) is 10.6 Å². The summed E-state index contributed by atoms with van der Waals surface area (Å²) in [5, 5.41) is 0.217. The van der Waals surface area contributed by atoms with Crippen molar-refractivity contribution in [2.45, 2.75) is 6.92 Å². The number of ether oxygens (including phenoxy) is 3. The second kappa shape index (κ2) is 8.96. The third-order valence-corrected chi connectivity index (χ3v) is 3.69.